The van der Waals surface area contributed by atoms with E-state index >= 15 is 0 Å². The number of hydrogen-bond acceptors (Lipinski definition) is 2. The zero-order chi connectivity index (χ0) is 15.2. The van der Waals surface area contributed by atoms with Crippen LogP contribution >= 0.6 is 12.2 Å². The van der Waals surface area contributed by atoms with Gasteiger partial charge in [-0.25, -0.2) is 0 Å². The zero-order valence-electron chi connectivity index (χ0n) is 12.5. The average Bonchev–Trinajstić information content (AvgIpc) is 2.45. The van der Waals surface area contributed by atoms with Crippen molar-refractivity contribution in [3.05, 3.63) is 23.8 Å². The molecule has 1 rings (SSSR count). The second-order valence-corrected chi connectivity index (χ2v) is 5.12. The van der Waals surface area contributed by atoms with Crippen LogP contribution in [-0.4, -0.2) is 17.8 Å². The predicted molar refractivity (Wildman–Crippen MR) is 89.2 cm³/mol. The Hall–Kier alpha value is -1.73. The van der Waals surface area contributed by atoms with E-state index in [-0.39, 0.29) is 0 Å². The van der Waals surface area contributed by atoms with Crippen molar-refractivity contribution in [3.8, 4) is 18.1 Å². The molecule has 0 amide bonds. The minimum absolute atomic E-state index is 0.402. The van der Waals surface area contributed by atoms with Gasteiger partial charge in [-0.2, -0.15) is 0 Å². The van der Waals surface area contributed by atoms with Crippen LogP contribution in [0.1, 0.15) is 32.3 Å². The van der Waals surface area contributed by atoms with Gasteiger partial charge in [0.05, 0.1) is 18.3 Å². The first-order valence-electron chi connectivity index (χ1n) is 6.71. The van der Waals surface area contributed by atoms with Gasteiger partial charge in [-0.3, -0.25) is 0 Å². The predicted octanol–water partition coefficient (Wildman–Crippen LogP) is 3.48. The Bertz CT molecular complexity index is 516. The summed E-state index contributed by atoms with van der Waals surface area (Å²) in [5, 5.41) is 6.90. The molecule has 0 bridgehead atoms. The first-order chi connectivity index (χ1) is 9.50. The summed E-state index contributed by atoms with van der Waals surface area (Å²) in [7, 11) is 1.64. The molecule has 1 aromatic carbocycles. The number of hydrogen-bond donors (Lipinski definition) is 2. The van der Waals surface area contributed by atoms with Crippen molar-refractivity contribution in [1.29, 1.82) is 0 Å². The molecule has 0 radical (unpaired) electrons. The number of nitrogens with one attached hydrogen (secondary N) is 2. The lowest BCUT2D eigenvalue weighted by atomic mass is 9.94. The van der Waals surface area contributed by atoms with E-state index in [1.54, 1.807) is 7.11 Å². The third-order valence-corrected chi connectivity index (χ3v) is 3.64. The fourth-order valence-corrected chi connectivity index (χ4v) is 2.26. The minimum atomic E-state index is -0.402. The van der Waals surface area contributed by atoms with Crippen molar-refractivity contribution >= 4 is 23.0 Å². The molecule has 108 valence electrons. The normalized spacial score (nSPS) is 10.6. The van der Waals surface area contributed by atoms with Crippen LogP contribution in [0.4, 0.5) is 5.69 Å². The number of benzene rings is 1. The topological polar surface area (TPSA) is 33.3 Å². The van der Waals surface area contributed by atoms with Crippen molar-refractivity contribution in [3.63, 3.8) is 0 Å². The molecule has 0 saturated carbocycles. The van der Waals surface area contributed by atoms with Crippen molar-refractivity contribution in [1.82, 2.24) is 5.32 Å². The molecule has 0 aromatic heterocycles. The Kier molecular flexibility index (Phi) is 5.84. The summed E-state index contributed by atoms with van der Waals surface area (Å²) in [6, 6.07) is 5.89. The lowest BCUT2D eigenvalue weighted by Crippen LogP contribution is -2.48. The fraction of sp³-hybridized carbons (Fsp3) is 0.438. The summed E-state index contributed by atoms with van der Waals surface area (Å²) in [4.78, 5) is 0. The van der Waals surface area contributed by atoms with E-state index in [0.29, 0.717) is 5.11 Å². The van der Waals surface area contributed by atoms with Crippen molar-refractivity contribution in [2.45, 2.75) is 39.2 Å². The first-order valence-corrected chi connectivity index (χ1v) is 7.12. The molecule has 1 aromatic rings. The number of terminal acetylenes is 1. The highest BCUT2D eigenvalue weighted by molar-refractivity contribution is 7.80. The summed E-state index contributed by atoms with van der Waals surface area (Å²) in [5.74, 6) is 3.55. The molecule has 0 fully saturated rings. The van der Waals surface area contributed by atoms with Gasteiger partial charge >= 0.3 is 0 Å². The summed E-state index contributed by atoms with van der Waals surface area (Å²) < 4.78 is 5.32. The molecule has 0 unspecified atom stereocenters. The van der Waals surface area contributed by atoms with Crippen LogP contribution in [0.5, 0.6) is 5.75 Å². The van der Waals surface area contributed by atoms with E-state index in [4.69, 9.17) is 23.4 Å². The maximum atomic E-state index is 5.63. The van der Waals surface area contributed by atoms with E-state index in [9.17, 15) is 0 Å². The van der Waals surface area contributed by atoms with Crippen LogP contribution in [-0.2, 0) is 0 Å². The van der Waals surface area contributed by atoms with Crippen LogP contribution in [0, 0.1) is 19.3 Å². The van der Waals surface area contributed by atoms with E-state index in [1.807, 2.05) is 39.0 Å². The third kappa shape index (κ3) is 3.88. The smallest absolute Gasteiger partial charge is 0.172 e. The van der Waals surface area contributed by atoms with Gasteiger partial charge in [-0.1, -0.05) is 25.8 Å². The van der Waals surface area contributed by atoms with Crippen LogP contribution in [0.15, 0.2) is 18.2 Å². The minimum Gasteiger partial charge on any atom is -0.495 e. The molecule has 2 N–H and O–H groups in total. The number of aryl methyl sites for hydroxylation is 1. The third-order valence-electron chi connectivity index (χ3n) is 3.44. The second kappa shape index (κ2) is 7.16. The van der Waals surface area contributed by atoms with Gasteiger partial charge in [0.2, 0.25) is 0 Å². The highest BCUT2D eigenvalue weighted by atomic mass is 32.1. The monoisotopic (exact) mass is 290 g/mol. The number of thiocarbonyl (C=S) groups is 1. The molecular formula is C16H22N2OS. The standard InChI is InChI=1S/C16H22N2OS/c1-6-16(7-2,8-3)18-15(20)17-13-11-12(4)9-10-14(13)19-5/h1,9-11H,7-8H2,2-5H3,(H2,17,18,20). The van der Waals surface area contributed by atoms with Crippen LogP contribution < -0.4 is 15.4 Å². The first kappa shape index (κ1) is 16.3. The fourth-order valence-electron chi connectivity index (χ4n) is 1.96. The van der Waals surface area contributed by atoms with Gasteiger partial charge in [0, 0.05) is 0 Å². The molecule has 0 aliphatic rings. The number of rotatable bonds is 5. The number of anilines is 1. The summed E-state index contributed by atoms with van der Waals surface area (Å²) in [6.45, 7) is 6.11. The van der Waals surface area contributed by atoms with Crippen molar-refractivity contribution < 1.29 is 4.74 Å². The SMILES string of the molecule is C#CC(CC)(CC)NC(=S)Nc1cc(C)ccc1OC. The van der Waals surface area contributed by atoms with Gasteiger partial charge in [-0.15, -0.1) is 6.42 Å². The molecule has 0 aliphatic carbocycles. The molecule has 4 heteroatoms. The van der Waals surface area contributed by atoms with E-state index < -0.39 is 5.54 Å². The largest absolute Gasteiger partial charge is 0.495 e. The molecular weight excluding hydrogens is 268 g/mol. The number of methoxy groups -OCH3 is 1. The molecule has 0 aliphatic heterocycles. The Labute approximate surface area is 127 Å². The van der Waals surface area contributed by atoms with Crippen molar-refractivity contribution in [2.24, 2.45) is 0 Å². The Morgan fingerprint density at radius 3 is 2.55 bits per heavy atom. The van der Waals surface area contributed by atoms with Crippen LogP contribution in [0.2, 0.25) is 0 Å². The van der Waals surface area contributed by atoms with Crippen LogP contribution in [0.3, 0.4) is 0 Å². The van der Waals surface area contributed by atoms with Gasteiger partial charge in [0.1, 0.15) is 5.75 Å². The van der Waals surface area contributed by atoms with Gasteiger partial charge in [0.25, 0.3) is 0 Å². The molecule has 20 heavy (non-hydrogen) atoms. The molecule has 0 saturated heterocycles. The van der Waals surface area contributed by atoms with Gasteiger partial charge in [-0.05, 0) is 49.7 Å². The highest BCUT2D eigenvalue weighted by Crippen LogP contribution is 2.25. The summed E-state index contributed by atoms with van der Waals surface area (Å²) >= 11 is 5.36. The lowest BCUT2D eigenvalue weighted by molar-refractivity contribution is 0.416. The molecule has 3 nitrogen and oxygen atoms in total. The lowest BCUT2D eigenvalue weighted by Gasteiger charge is -2.29. The van der Waals surface area contributed by atoms with Gasteiger partial charge < -0.3 is 15.4 Å². The summed E-state index contributed by atoms with van der Waals surface area (Å²) in [6.07, 6.45) is 7.25. The highest BCUT2D eigenvalue weighted by Gasteiger charge is 2.24. The number of ether oxygens (including phenoxy) is 1. The average molecular weight is 290 g/mol. The quantitative estimate of drug-likeness (QED) is 0.642. The molecule has 0 atom stereocenters. The maximum Gasteiger partial charge on any atom is 0.172 e. The Morgan fingerprint density at radius 2 is 2.05 bits per heavy atom. The van der Waals surface area contributed by atoms with E-state index in [0.717, 1.165) is 29.8 Å². The van der Waals surface area contributed by atoms with E-state index in [2.05, 4.69) is 16.6 Å². The zero-order valence-corrected chi connectivity index (χ0v) is 13.4. The van der Waals surface area contributed by atoms with Gasteiger partial charge in [0.15, 0.2) is 5.11 Å². The van der Waals surface area contributed by atoms with Crippen molar-refractivity contribution in [2.75, 3.05) is 12.4 Å². The summed E-state index contributed by atoms with van der Waals surface area (Å²) in [5.41, 5.74) is 1.56. The Morgan fingerprint density at radius 1 is 1.40 bits per heavy atom. The Balaban J connectivity index is 2.86. The van der Waals surface area contributed by atoms with Crippen LogP contribution in [0.25, 0.3) is 0 Å². The maximum absolute atomic E-state index is 5.63. The van der Waals surface area contributed by atoms with E-state index in [1.165, 1.54) is 0 Å². The molecule has 0 heterocycles. The molecule has 0 spiro atoms. The second-order valence-electron chi connectivity index (χ2n) is 4.72.